The zero-order valence-corrected chi connectivity index (χ0v) is 12.9. The van der Waals surface area contributed by atoms with E-state index in [-0.39, 0.29) is 5.54 Å². The molecule has 3 aromatic rings. The SMILES string of the molecule is [C-]#[N+]CC1(n2cc(-c3cnnc4[nH]ccc34)cn2)CCCCC1. The van der Waals surface area contributed by atoms with Gasteiger partial charge in [-0.15, -0.1) is 5.10 Å². The van der Waals surface area contributed by atoms with Gasteiger partial charge in [0, 0.05) is 28.9 Å². The summed E-state index contributed by atoms with van der Waals surface area (Å²) in [6.07, 6.45) is 13.3. The average molecular weight is 306 g/mol. The maximum absolute atomic E-state index is 7.33. The lowest BCUT2D eigenvalue weighted by atomic mass is 9.82. The van der Waals surface area contributed by atoms with Crippen LogP contribution in [0.2, 0.25) is 0 Å². The minimum absolute atomic E-state index is 0.143. The number of hydrogen-bond donors (Lipinski definition) is 1. The predicted molar refractivity (Wildman–Crippen MR) is 87.6 cm³/mol. The summed E-state index contributed by atoms with van der Waals surface area (Å²) in [4.78, 5) is 6.78. The van der Waals surface area contributed by atoms with Gasteiger partial charge in [0.1, 0.15) is 5.54 Å². The van der Waals surface area contributed by atoms with Crippen molar-refractivity contribution in [2.75, 3.05) is 6.54 Å². The Labute approximate surface area is 134 Å². The van der Waals surface area contributed by atoms with Crippen LogP contribution in [0.25, 0.3) is 27.0 Å². The number of nitrogens with zero attached hydrogens (tertiary/aromatic N) is 5. The van der Waals surface area contributed by atoms with Gasteiger partial charge in [0.15, 0.2) is 5.65 Å². The van der Waals surface area contributed by atoms with Crippen molar-refractivity contribution in [3.8, 4) is 11.1 Å². The second kappa shape index (κ2) is 5.51. The molecule has 0 atom stereocenters. The Balaban J connectivity index is 1.76. The Morgan fingerprint density at radius 3 is 2.96 bits per heavy atom. The Hall–Kier alpha value is -2.68. The third-order valence-corrected chi connectivity index (χ3v) is 4.90. The summed E-state index contributed by atoms with van der Waals surface area (Å²) >= 11 is 0. The first-order valence-electron chi connectivity index (χ1n) is 8.00. The number of aromatic amines is 1. The summed E-state index contributed by atoms with van der Waals surface area (Å²) in [7, 11) is 0. The van der Waals surface area contributed by atoms with E-state index < -0.39 is 0 Å². The van der Waals surface area contributed by atoms with Gasteiger partial charge in [0.2, 0.25) is 6.54 Å². The van der Waals surface area contributed by atoms with Crippen molar-refractivity contribution in [1.82, 2.24) is 25.0 Å². The topological polar surface area (TPSA) is 63.8 Å². The molecule has 1 fully saturated rings. The number of nitrogens with one attached hydrogen (secondary N) is 1. The van der Waals surface area contributed by atoms with E-state index >= 15 is 0 Å². The van der Waals surface area contributed by atoms with E-state index in [1.807, 2.05) is 23.1 Å². The molecular weight excluding hydrogens is 288 g/mol. The molecule has 1 saturated carbocycles. The molecule has 0 aromatic carbocycles. The van der Waals surface area contributed by atoms with E-state index in [0.717, 1.165) is 35.0 Å². The molecule has 116 valence electrons. The maximum Gasteiger partial charge on any atom is 0.239 e. The standard InChI is InChI=1S/C17H18N6/c1-18-12-17(6-3-2-4-7-17)23-11-13(9-21-23)15-10-20-22-16-14(15)5-8-19-16/h5,8-11H,2-4,6-7,12H2,(H,19,22). The molecule has 23 heavy (non-hydrogen) atoms. The second-order valence-corrected chi connectivity index (χ2v) is 6.27. The number of H-pyrrole nitrogens is 1. The predicted octanol–water partition coefficient (Wildman–Crippen LogP) is 3.40. The van der Waals surface area contributed by atoms with Crippen LogP contribution < -0.4 is 0 Å². The van der Waals surface area contributed by atoms with E-state index in [4.69, 9.17) is 6.57 Å². The summed E-state index contributed by atoms with van der Waals surface area (Å²) in [5, 5.41) is 13.8. The monoisotopic (exact) mass is 306 g/mol. The molecule has 0 bridgehead atoms. The van der Waals surface area contributed by atoms with E-state index in [0.29, 0.717) is 6.54 Å². The van der Waals surface area contributed by atoms with Gasteiger partial charge in [0.05, 0.1) is 12.4 Å². The highest BCUT2D eigenvalue weighted by Crippen LogP contribution is 2.36. The maximum atomic E-state index is 7.33. The zero-order valence-electron chi connectivity index (χ0n) is 12.9. The Morgan fingerprint density at radius 2 is 2.13 bits per heavy atom. The van der Waals surface area contributed by atoms with Gasteiger partial charge in [-0.3, -0.25) is 4.68 Å². The third-order valence-electron chi connectivity index (χ3n) is 4.90. The minimum Gasteiger partial charge on any atom is -0.345 e. The van der Waals surface area contributed by atoms with Crippen LogP contribution in [0.1, 0.15) is 32.1 Å². The molecule has 6 heteroatoms. The number of rotatable bonds is 3. The molecule has 0 aliphatic heterocycles. The smallest absolute Gasteiger partial charge is 0.239 e. The number of aromatic nitrogens is 5. The van der Waals surface area contributed by atoms with Crippen LogP contribution in [0.5, 0.6) is 0 Å². The van der Waals surface area contributed by atoms with E-state index in [9.17, 15) is 0 Å². The summed E-state index contributed by atoms with van der Waals surface area (Å²) < 4.78 is 2.03. The van der Waals surface area contributed by atoms with Crippen molar-refractivity contribution in [3.63, 3.8) is 0 Å². The molecule has 0 amide bonds. The normalized spacial score (nSPS) is 17.2. The average Bonchev–Trinajstić information content (AvgIpc) is 3.25. The molecule has 0 saturated heterocycles. The van der Waals surface area contributed by atoms with Crippen LogP contribution in [-0.4, -0.2) is 31.5 Å². The summed E-state index contributed by atoms with van der Waals surface area (Å²) in [5.41, 5.74) is 2.69. The molecule has 1 aliphatic carbocycles. The van der Waals surface area contributed by atoms with Gasteiger partial charge < -0.3 is 9.83 Å². The summed E-state index contributed by atoms with van der Waals surface area (Å²) in [5.74, 6) is 0. The van der Waals surface area contributed by atoms with Crippen molar-refractivity contribution in [2.45, 2.75) is 37.6 Å². The fourth-order valence-electron chi connectivity index (χ4n) is 3.64. The van der Waals surface area contributed by atoms with Crippen molar-refractivity contribution in [2.24, 2.45) is 0 Å². The Kier molecular flexibility index (Phi) is 3.34. The molecule has 0 unspecified atom stereocenters. The van der Waals surface area contributed by atoms with Crippen LogP contribution in [-0.2, 0) is 5.54 Å². The molecule has 6 nitrogen and oxygen atoms in total. The van der Waals surface area contributed by atoms with Gasteiger partial charge in [-0.2, -0.15) is 10.2 Å². The highest BCUT2D eigenvalue weighted by molar-refractivity contribution is 5.91. The van der Waals surface area contributed by atoms with Crippen LogP contribution >= 0.6 is 0 Å². The lowest BCUT2D eigenvalue weighted by Gasteiger charge is -2.33. The van der Waals surface area contributed by atoms with E-state index in [2.05, 4.69) is 31.3 Å². The van der Waals surface area contributed by atoms with E-state index in [1.54, 1.807) is 6.20 Å². The highest BCUT2D eigenvalue weighted by atomic mass is 15.3. The first-order valence-corrected chi connectivity index (χ1v) is 8.00. The van der Waals surface area contributed by atoms with Gasteiger partial charge in [0.25, 0.3) is 0 Å². The van der Waals surface area contributed by atoms with Crippen LogP contribution in [0.3, 0.4) is 0 Å². The Bertz CT molecular complexity index is 862. The zero-order chi connectivity index (χ0) is 15.7. The molecule has 3 aromatic heterocycles. The molecule has 4 rings (SSSR count). The molecule has 0 spiro atoms. The minimum atomic E-state index is -0.143. The first kappa shape index (κ1) is 13.9. The van der Waals surface area contributed by atoms with E-state index in [1.165, 1.54) is 19.3 Å². The highest BCUT2D eigenvalue weighted by Gasteiger charge is 2.38. The molecule has 1 aliphatic rings. The number of fused-ring (bicyclic) bond motifs is 1. The van der Waals surface area contributed by atoms with Crippen LogP contribution in [0.4, 0.5) is 0 Å². The van der Waals surface area contributed by atoms with Crippen LogP contribution in [0.15, 0.2) is 30.9 Å². The van der Waals surface area contributed by atoms with Gasteiger partial charge in [-0.05, 0) is 18.9 Å². The fourth-order valence-corrected chi connectivity index (χ4v) is 3.64. The van der Waals surface area contributed by atoms with Gasteiger partial charge in [-0.25, -0.2) is 6.57 Å². The molecular formula is C17H18N6. The second-order valence-electron chi connectivity index (χ2n) is 6.27. The lowest BCUT2D eigenvalue weighted by molar-refractivity contribution is 0.193. The molecule has 3 heterocycles. The summed E-state index contributed by atoms with van der Waals surface area (Å²) in [6, 6.07) is 2.01. The van der Waals surface area contributed by atoms with Gasteiger partial charge >= 0.3 is 0 Å². The fraction of sp³-hybridized carbons (Fsp3) is 0.412. The van der Waals surface area contributed by atoms with Crippen molar-refractivity contribution in [3.05, 3.63) is 42.3 Å². The Morgan fingerprint density at radius 1 is 1.26 bits per heavy atom. The third kappa shape index (κ3) is 2.29. The van der Waals surface area contributed by atoms with Crippen LogP contribution in [0, 0.1) is 6.57 Å². The first-order chi connectivity index (χ1) is 11.3. The largest absolute Gasteiger partial charge is 0.345 e. The quantitative estimate of drug-likeness (QED) is 0.754. The molecule has 0 radical (unpaired) electrons. The lowest BCUT2D eigenvalue weighted by Crippen LogP contribution is -2.38. The van der Waals surface area contributed by atoms with Crippen molar-refractivity contribution >= 4 is 11.0 Å². The summed E-state index contributed by atoms with van der Waals surface area (Å²) in [6.45, 7) is 7.84. The van der Waals surface area contributed by atoms with Gasteiger partial charge in [-0.1, -0.05) is 19.3 Å². The number of hydrogen-bond acceptors (Lipinski definition) is 3. The van der Waals surface area contributed by atoms with Crippen molar-refractivity contribution in [1.29, 1.82) is 0 Å². The molecule has 1 N–H and O–H groups in total. The van der Waals surface area contributed by atoms with Crippen molar-refractivity contribution < 1.29 is 0 Å².